The summed E-state index contributed by atoms with van der Waals surface area (Å²) in [6.07, 6.45) is 2.37. The van der Waals surface area contributed by atoms with Gasteiger partial charge in [0, 0.05) is 12.1 Å². The first kappa shape index (κ1) is 24.1. The second kappa shape index (κ2) is 11.7. The van der Waals surface area contributed by atoms with Gasteiger partial charge < -0.3 is 19.7 Å². The third kappa shape index (κ3) is 8.48. The number of amides is 1. The van der Waals surface area contributed by atoms with Gasteiger partial charge in [-0.2, -0.15) is 0 Å². The van der Waals surface area contributed by atoms with Crippen molar-refractivity contribution in [3.8, 4) is 0 Å². The van der Waals surface area contributed by atoms with Crippen LogP contribution in [0.25, 0.3) is 0 Å². The van der Waals surface area contributed by atoms with Crippen LogP contribution in [0.5, 0.6) is 0 Å². The van der Waals surface area contributed by atoms with Crippen LogP contribution in [-0.4, -0.2) is 44.0 Å². The Morgan fingerprint density at radius 3 is 1.96 bits per heavy atom. The first-order valence-electron chi connectivity index (χ1n) is 9.47. The molecule has 0 atom stereocenters. The molecule has 0 heterocycles. The number of benzene rings is 1. The van der Waals surface area contributed by atoms with Gasteiger partial charge in [0.25, 0.3) is 0 Å². The fourth-order valence-electron chi connectivity index (χ4n) is 2.63. The standard InChI is InChI=1S/C11H21NO3.C10H16N/c1-4-7-8-12-9(13)11(5-2,6-3)10(14)15;1-11(2,3)9-10-7-5-4-6-8-10/h4-8H2,1-3H3,(H,12,13)(H,14,15);4-8H,9H2,1-3H3/q;+1/p-1. The first-order valence-corrected chi connectivity index (χ1v) is 9.47. The summed E-state index contributed by atoms with van der Waals surface area (Å²) < 4.78 is 0.990. The predicted octanol–water partition coefficient (Wildman–Crippen LogP) is 2.35. The van der Waals surface area contributed by atoms with Gasteiger partial charge in [0.1, 0.15) is 6.54 Å². The summed E-state index contributed by atoms with van der Waals surface area (Å²) in [5.41, 5.74) is 0.0493. The van der Waals surface area contributed by atoms with E-state index in [1.54, 1.807) is 13.8 Å². The molecule has 0 radical (unpaired) electrons. The molecule has 1 aromatic rings. The Bertz CT molecular complexity index is 532. The minimum atomic E-state index is -1.35. The van der Waals surface area contributed by atoms with Crippen molar-refractivity contribution in [3.05, 3.63) is 35.9 Å². The van der Waals surface area contributed by atoms with Gasteiger partial charge in [-0.15, -0.1) is 0 Å². The van der Waals surface area contributed by atoms with Crippen LogP contribution in [0.15, 0.2) is 30.3 Å². The molecule has 0 bridgehead atoms. The number of aliphatic carboxylic acids is 1. The van der Waals surface area contributed by atoms with E-state index in [1.165, 1.54) is 5.56 Å². The zero-order valence-corrected chi connectivity index (χ0v) is 17.3. The molecular formula is C21H36N2O3. The van der Waals surface area contributed by atoms with Crippen molar-refractivity contribution in [1.82, 2.24) is 5.32 Å². The summed E-state index contributed by atoms with van der Waals surface area (Å²) in [6, 6.07) is 10.6. The summed E-state index contributed by atoms with van der Waals surface area (Å²) in [4.78, 5) is 22.7. The molecule has 1 amide bonds. The molecule has 0 fully saturated rings. The second-order valence-corrected chi connectivity index (χ2v) is 7.62. The Morgan fingerprint density at radius 1 is 1.04 bits per heavy atom. The molecule has 0 aliphatic carbocycles. The number of nitrogens with zero attached hydrogens (tertiary/aromatic N) is 1. The molecule has 1 aromatic carbocycles. The molecule has 1 rings (SSSR count). The van der Waals surface area contributed by atoms with Gasteiger partial charge in [-0.3, -0.25) is 4.79 Å². The van der Waals surface area contributed by atoms with E-state index in [0.29, 0.717) is 6.54 Å². The number of carboxylic acids is 1. The lowest BCUT2D eigenvalue weighted by Gasteiger charge is -2.31. The minimum absolute atomic E-state index is 0.268. The molecule has 0 spiro atoms. The molecule has 0 aromatic heterocycles. The van der Waals surface area contributed by atoms with Crippen molar-refractivity contribution in [3.63, 3.8) is 0 Å². The van der Waals surface area contributed by atoms with Crippen molar-refractivity contribution < 1.29 is 19.2 Å². The number of quaternary nitrogens is 1. The Morgan fingerprint density at radius 2 is 1.58 bits per heavy atom. The maximum atomic E-state index is 11.7. The van der Waals surface area contributed by atoms with Crippen LogP contribution in [-0.2, 0) is 16.1 Å². The van der Waals surface area contributed by atoms with E-state index < -0.39 is 17.3 Å². The fraction of sp³-hybridized carbons (Fsp3) is 0.619. The number of carbonyl (C=O) groups excluding carboxylic acids is 2. The maximum absolute atomic E-state index is 11.7. The Balaban J connectivity index is 0.000000502. The van der Waals surface area contributed by atoms with E-state index in [0.717, 1.165) is 23.9 Å². The molecule has 148 valence electrons. The van der Waals surface area contributed by atoms with Gasteiger partial charge in [0.05, 0.1) is 32.5 Å². The number of hydrogen-bond donors (Lipinski definition) is 1. The van der Waals surface area contributed by atoms with E-state index in [1.807, 2.05) is 6.92 Å². The molecule has 1 N–H and O–H groups in total. The molecule has 0 aliphatic heterocycles. The Kier molecular flexibility index (Phi) is 10.8. The average Bonchev–Trinajstić information content (AvgIpc) is 2.56. The molecule has 5 nitrogen and oxygen atoms in total. The third-order valence-electron chi connectivity index (χ3n) is 4.35. The predicted molar refractivity (Wildman–Crippen MR) is 104 cm³/mol. The zero-order chi connectivity index (χ0) is 20.2. The molecule has 5 heteroatoms. The molecule has 0 unspecified atom stereocenters. The lowest BCUT2D eigenvalue weighted by molar-refractivity contribution is -0.884. The number of carbonyl (C=O) groups is 2. The second-order valence-electron chi connectivity index (χ2n) is 7.62. The van der Waals surface area contributed by atoms with Crippen LogP contribution < -0.4 is 10.4 Å². The number of nitrogens with one attached hydrogen (secondary N) is 1. The van der Waals surface area contributed by atoms with E-state index >= 15 is 0 Å². The summed E-state index contributed by atoms with van der Waals surface area (Å²) in [5.74, 6) is -1.69. The highest BCUT2D eigenvalue weighted by Crippen LogP contribution is 2.25. The van der Waals surface area contributed by atoms with Gasteiger partial charge in [0.2, 0.25) is 5.91 Å². The van der Waals surface area contributed by atoms with E-state index in [9.17, 15) is 14.7 Å². The van der Waals surface area contributed by atoms with Gasteiger partial charge in [0.15, 0.2) is 0 Å². The topological polar surface area (TPSA) is 69.2 Å². The van der Waals surface area contributed by atoms with Crippen molar-refractivity contribution in [2.75, 3.05) is 27.7 Å². The van der Waals surface area contributed by atoms with Gasteiger partial charge in [-0.25, -0.2) is 0 Å². The largest absolute Gasteiger partial charge is 0.549 e. The minimum Gasteiger partial charge on any atom is -0.549 e. The number of unbranched alkanes of at least 4 members (excludes halogenated alkanes) is 1. The number of hydrogen-bond acceptors (Lipinski definition) is 3. The highest BCUT2D eigenvalue weighted by atomic mass is 16.4. The van der Waals surface area contributed by atoms with Crippen LogP contribution in [0.4, 0.5) is 0 Å². The van der Waals surface area contributed by atoms with Crippen molar-refractivity contribution in [1.29, 1.82) is 0 Å². The van der Waals surface area contributed by atoms with Crippen LogP contribution in [0, 0.1) is 5.41 Å². The average molecular weight is 365 g/mol. The van der Waals surface area contributed by atoms with Crippen LogP contribution in [0.3, 0.4) is 0 Å². The molecule has 0 aliphatic rings. The number of carboxylic acid groups (broad SMARTS) is 1. The van der Waals surface area contributed by atoms with E-state index in [4.69, 9.17) is 0 Å². The van der Waals surface area contributed by atoms with Gasteiger partial charge >= 0.3 is 0 Å². The molecule has 26 heavy (non-hydrogen) atoms. The quantitative estimate of drug-likeness (QED) is 0.415. The molecular weight excluding hydrogens is 328 g/mol. The monoisotopic (exact) mass is 364 g/mol. The molecule has 0 saturated carbocycles. The highest BCUT2D eigenvalue weighted by Gasteiger charge is 2.36. The van der Waals surface area contributed by atoms with E-state index in [2.05, 4.69) is 56.8 Å². The highest BCUT2D eigenvalue weighted by molar-refractivity contribution is 6.00. The summed E-state index contributed by atoms with van der Waals surface area (Å²) in [6.45, 7) is 7.03. The SMILES string of the molecule is CCCCNC(=O)C(CC)(CC)C(=O)[O-].C[N+](C)(C)Cc1ccccc1. The lowest BCUT2D eigenvalue weighted by atomic mass is 9.81. The van der Waals surface area contributed by atoms with Crippen LogP contribution in [0.2, 0.25) is 0 Å². The third-order valence-corrected chi connectivity index (χ3v) is 4.35. The summed E-state index contributed by atoms with van der Waals surface area (Å²) in [5, 5.41) is 13.6. The smallest absolute Gasteiger partial charge is 0.231 e. The van der Waals surface area contributed by atoms with Gasteiger partial charge in [-0.1, -0.05) is 57.5 Å². The lowest BCUT2D eigenvalue weighted by Crippen LogP contribution is -2.52. The van der Waals surface area contributed by atoms with Crippen LogP contribution in [0.1, 0.15) is 52.0 Å². The Hall–Kier alpha value is -1.88. The van der Waals surface area contributed by atoms with Crippen molar-refractivity contribution in [2.45, 2.75) is 53.0 Å². The normalized spacial score (nSPS) is 11.3. The van der Waals surface area contributed by atoms with E-state index in [-0.39, 0.29) is 12.8 Å². The summed E-state index contributed by atoms with van der Waals surface area (Å²) >= 11 is 0. The number of rotatable bonds is 9. The summed E-state index contributed by atoms with van der Waals surface area (Å²) in [7, 11) is 6.60. The van der Waals surface area contributed by atoms with Crippen LogP contribution >= 0.6 is 0 Å². The first-order chi connectivity index (χ1) is 12.1. The van der Waals surface area contributed by atoms with Gasteiger partial charge in [-0.05, 0) is 19.3 Å². The maximum Gasteiger partial charge on any atom is 0.231 e. The zero-order valence-electron chi connectivity index (χ0n) is 17.3. The molecule has 0 saturated heterocycles. The Labute approximate surface area is 159 Å². The fourth-order valence-corrected chi connectivity index (χ4v) is 2.63. The van der Waals surface area contributed by atoms with Crippen molar-refractivity contribution >= 4 is 11.9 Å². The van der Waals surface area contributed by atoms with Crippen molar-refractivity contribution in [2.24, 2.45) is 5.41 Å².